The van der Waals surface area contributed by atoms with Crippen LogP contribution in [0.25, 0.3) is 6.08 Å². The van der Waals surface area contributed by atoms with Gasteiger partial charge in [0.15, 0.2) is 6.61 Å². The number of ether oxygens (including phenoxy) is 2. The van der Waals surface area contributed by atoms with Crippen LogP contribution in [0.1, 0.15) is 16.7 Å². The third-order valence-electron chi connectivity index (χ3n) is 3.12. The molecule has 0 aliphatic heterocycles. The second-order valence-corrected chi connectivity index (χ2v) is 4.99. The summed E-state index contributed by atoms with van der Waals surface area (Å²) >= 11 is 0. The second kappa shape index (κ2) is 8.45. The van der Waals surface area contributed by atoms with Gasteiger partial charge in [-0.25, -0.2) is 4.79 Å². The molecule has 0 atom stereocenters. The van der Waals surface area contributed by atoms with Gasteiger partial charge in [-0.2, -0.15) is 0 Å². The van der Waals surface area contributed by atoms with E-state index in [1.54, 1.807) is 6.08 Å². The summed E-state index contributed by atoms with van der Waals surface area (Å²) in [7, 11) is 0. The second-order valence-electron chi connectivity index (χ2n) is 4.99. The zero-order chi connectivity index (χ0) is 16.5. The number of aryl methyl sites for hydroxylation is 1. The van der Waals surface area contributed by atoms with E-state index in [9.17, 15) is 4.79 Å². The Morgan fingerprint density at radius 2 is 1.83 bits per heavy atom. The lowest BCUT2D eigenvalue weighted by Gasteiger charge is -2.07. The first-order chi connectivity index (χ1) is 11.2. The molecule has 116 valence electrons. The van der Waals surface area contributed by atoms with Gasteiger partial charge >= 0.3 is 5.97 Å². The standard InChI is InChI=1S/C20H18O3/c1-3-14-22-20(21)13-10-17-8-11-19(12-9-17)23-15-18-6-4-16(2)5-7-18/h1,4-13H,14-15H2,2H3/b13-10+. The lowest BCUT2D eigenvalue weighted by atomic mass is 10.2. The number of carbonyl (C=O) groups is 1. The molecule has 0 spiro atoms. The fourth-order valence-electron chi connectivity index (χ4n) is 1.85. The van der Waals surface area contributed by atoms with Crippen LogP contribution in [0, 0.1) is 19.3 Å². The van der Waals surface area contributed by atoms with E-state index in [2.05, 4.69) is 25.0 Å². The fourth-order valence-corrected chi connectivity index (χ4v) is 1.85. The molecule has 2 aromatic rings. The molecule has 0 aliphatic rings. The molecular weight excluding hydrogens is 288 g/mol. The molecule has 0 heterocycles. The topological polar surface area (TPSA) is 35.5 Å². The lowest BCUT2D eigenvalue weighted by Crippen LogP contribution is -1.99. The highest BCUT2D eigenvalue weighted by Gasteiger charge is 1.98. The van der Waals surface area contributed by atoms with Gasteiger partial charge in [-0.05, 0) is 36.3 Å². The molecule has 0 aromatic heterocycles. The summed E-state index contributed by atoms with van der Waals surface area (Å²) in [5.74, 6) is 2.56. The Morgan fingerprint density at radius 1 is 1.13 bits per heavy atom. The van der Waals surface area contributed by atoms with E-state index in [1.807, 2.05) is 36.4 Å². The first-order valence-electron chi connectivity index (χ1n) is 7.24. The summed E-state index contributed by atoms with van der Waals surface area (Å²) in [6, 6.07) is 15.7. The average Bonchev–Trinajstić information content (AvgIpc) is 2.58. The van der Waals surface area contributed by atoms with E-state index in [-0.39, 0.29) is 6.61 Å². The zero-order valence-electron chi connectivity index (χ0n) is 13.0. The molecule has 0 amide bonds. The molecule has 0 bridgehead atoms. The van der Waals surface area contributed by atoms with Gasteiger partial charge in [0, 0.05) is 6.08 Å². The van der Waals surface area contributed by atoms with Crippen molar-refractivity contribution in [2.45, 2.75) is 13.5 Å². The molecule has 0 aliphatic carbocycles. The van der Waals surface area contributed by atoms with Crippen LogP contribution in [0.3, 0.4) is 0 Å². The fraction of sp³-hybridized carbons (Fsp3) is 0.150. The van der Waals surface area contributed by atoms with Crippen molar-refractivity contribution >= 4 is 12.0 Å². The van der Waals surface area contributed by atoms with Crippen molar-refractivity contribution in [3.63, 3.8) is 0 Å². The predicted octanol–water partition coefficient (Wildman–Crippen LogP) is 3.76. The number of esters is 1. The van der Waals surface area contributed by atoms with Crippen LogP contribution in [0.4, 0.5) is 0 Å². The minimum Gasteiger partial charge on any atom is -0.489 e. The number of benzene rings is 2. The first-order valence-corrected chi connectivity index (χ1v) is 7.24. The van der Waals surface area contributed by atoms with Crippen LogP contribution in [-0.2, 0) is 16.1 Å². The van der Waals surface area contributed by atoms with E-state index in [1.165, 1.54) is 11.6 Å². The van der Waals surface area contributed by atoms with Crippen molar-refractivity contribution in [3.05, 3.63) is 71.3 Å². The third-order valence-corrected chi connectivity index (χ3v) is 3.12. The van der Waals surface area contributed by atoms with Crippen molar-refractivity contribution in [1.82, 2.24) is 0 Å². The van der Waals surface area contributed by atoms with Crippen LogP contribution in [0.5, 0.6) is 5.75 Å². The van der Waals surface area contributed by atoms with Gasteiger partial charge in [0.2, 0.25) is 0 Å². The van der Waals surface area contributed by atoms with Gasteiger partial charge in [-0.1, -0.05) is 47.9 Å². The quantitative estimate of drug-likeness (QED) is 0.463. The smallest absolute Gasteiger partial charge is 0.331 e. The molecule has 23 heavy (non-hydrogen) atoms. The highest BCUT2D eigenvalue weighted by atomic mass is 16.5. The van der Waals surface area contributed by atoms with E-state index in [0.29, 0.717) is 6.61 Å². The van der Waals surface area contributed by atoms with Crippen LogP contribution >= 0.6 is 0 Å². The summed E-state index contributed by atoms with van der Waals surface area (Å²) in [6.07, 6.45) is 8.03. The van der Waals surface area contributed by atoms with Crippen LogP contribution in [0.15, 0.2) is 54.6 Å². The Morgan fingerprint density at radius 3 is 2.48 bits per heavy atom. The normalized spacial score (nSPS) is 10.3. The maximum absolute atomic E-state index is 11.3. The molecular formula is C20H18O3. The number of carbonyl (C=O) groups excluding carboxylic acids is 1. The van der Waals surface area contributed by atoms with E-state index >= 15 is 0 Å². The third kappa shape index (κ3) is 5.72. The summed E-state index contributed by atoms with van der Waals surface area (Å²) in [5, 5.41) is 0. The molecule has 0 saturated heterocycles. The van der Waals surface area contributed by atoms with E-state index in [0.717, 1.165) is 16.9 Å². The van der Waals surface area contributed by atoms with Gasteiger partial charge < -0.3 is 9.47 Å². The van der Waals surface area contributed by atoms with Crippen molar-refractivity contribution in [3.8, 4) is 18.1 Å². The largest absolute Gasteiger partial charge is 0.489 e. The Hall–Kier alpha value is -2.99. The molecule has 0 fully saturated rings. The van der Waals surface area contributed by atoms with E-state index < -0.39 is 5.97 Å². The maximum Gasteiger partial charge on any atom is 0.331 e. The molecule has 2 rings (SSSR count). The van der Waals surface area contributed by atoms with Crippen LogP contribution in [-0.4, -0.2) is 12.6 Å². The minimum atomic E-state index is -0.456. The first kappa shape index (κ1) is 16.4. The molecule has 3 nitrogen and oxygen atoms in total. The maximum atomic E-state index is 11.3. The summed E-state index contributed by atoms with van der Waals surface area (Å²) < 4.78 is 10.5. The molecule has 0 saturated carbocycles. The van der Waals surface area contributed by atoms with Crippen molar-refractivity contribution in [2.75, 3.05) is 6.61 Å². The zero-order valence-corrected chi connectivity index (χ0v) is 13.0. The number of hydrogen-bond acceptors (Lipinski definition) is 3. The minimum absolute atomic E-state index is 0.0189. The SMILES string of the molecule is C#CCOC(=O)/C=C/c1ccc(OCc2ccc(C)cc2)cc1. The Labute approximate surface area is 136 Å². The Balaban J connectivity index is 1.87. The highest BCUT2D eigenvalue weighted by molar-refractivity contribution is 5.87. The van der Waals surface area contributed by atoms with Gasteiger partial charge in [-0.15, -0.1) is 6.42 Å². The number of rotatable bonds is 6. The van der Waals surface area contributed by atoms with Gasteiger partial charge in [0.1, 0.15) is 12.4 Å². The van der Waals surface area contributed by atoms with Crippen LogP contribution < -0.4 is 4.74 Å². The summed E-state index contributed by atoms with van der Waals surface area (Å²) in [5.41, 5.74) is 3.23. The predicted molar refractivity (Wildman–Crippen MR) is 90.8 cm³/mol. The molecule has 3 heteroatoms. The van der Waals surface area contributed by atoms with Gasteiger partial charge in [0.25, 0.3) is 0 Å². The lowest BCUT2D eigenvalue weighted by molar-refractivity contribution is -0.136. The Kier molecular flexibility index (Phi) is 6.02. The van der Waals surface area contributed by atoms with E-state index in [4.69, 9.17) is 15.9 Å². The van der Waals surface area contributed by atoms with Gasteiger partial charge in [-0.3, -0.25) is 0 Å². The van der Waals surface area contributed by atoms with Gasteiger partial charge in [0.05, 0.1) is 0 Å². The molecule has 0 unspecified atom stereocenters. The number of terminal acetylenes is 1. The molecule has 0 radical (unpaired) electrons. The highest BCUT2D eigenvalue weighted by Crippen LogP contribution is 2.15. The van der Waals surface area contributed by atoms with Crippen molar-refractivity contribution < 1.29 is 14.3 Å². The van der Waals surface area contributed by atoms with Crippen molar-refractivity contribution in [1.29, 1.82) is 0 Å². The molecule has 0 N–H and O–H groups in total. The molecule has 2 aromatic carbocycles. The van der Waals surface area contributed by atoms with Crippen molar-refractivity contribution in [2.24, 2.45) is 0 Å². The summed E-state index contributed by atoms with van der Waals surface area (Å²) in [4.78, 5) is 11.3. The van der Waals surface area contributed by atoms with Crippen LogP contribution in [0.2, 0.25) is 0 Å². The Bertz CT molecular complexity index is 704. The monoisotopic (exact) mass is 306 g/mol. The summed E-state index contributed by atoms with van der Waals surface area (Å²) in [6.45, 7) is 2.56. The average molecular weight is 306 g/mol. The number of hydrogen-bond donors (Lipinski definition) is 0.